The maximum Gasteiger partial charge on any atom is 0.00445 e. The molecule has 1 heteroatoms. The highest BCUT2D eigenvalue weighted by molar-refractivity contribution is 5.17. The summed E-state index contributed by atoms with van der Waals surface area (Å²) in [6.07, 6.45) is 1.22. The molecule has 1 rings (SSSR count). The van der Waals surface area contributed by atoms with Gasteiger partial charge < -0.3 is 4.90 Å². The maximum atomic E-state index is 4.38. The van der Waals surface area contributed by atoms with E-state index in [-0.39, 0.29) is 10.8 Å². The van der Waals surface area contributed by atoms with E-state index in [1.807, 2.05) is 0 Å². The standard InChI is InChI=1S/C18H33N/c1-13(17(3,4)5)15-10-16(12-19(9)11-15)14(2)18(6,7)8/h15-16H,1-2,10-12H2,3-9H3. The number of hydrogen-bond donors (Lipinski definition) is 0. The van der Waals surface area contributed by atoms with Crippen LogP contribution in [0.5, 0.6) is 0 Å². The summed E-state index contributed by atoms with van der Waals surface area (Å²) in [7, 11) is 2.23. The Morgan fingerprint density at radius 1 is 0.842 bits per heavy atom. The first kappa shape index (κ1) is 16.5. The Hall–Kier alpha value is -0.560. The molecular formula is C18H33N. The first-order valence-corrected chi connectivity index (χ1v) is 7.50. The Morgan fingerprint density at radius 3 is 1.42 bits per heavy atom. The summed E-state index contributed by atoms with van der Waals surface area (Å²) in [4.78, 5) is 2.45. The minimum Gasteiger partial charge on any atom is -0.305 e. The highest BCUT2D eigenvalue weighted by Gasteiger charge is 2.34. The molecule has 0 spiro atoms. The van der Waals surface area contributed by atoms with Crippen LogP contribution in [0.25, 0.3) is 0 Å². The van der Waals surface area contributed by atoms with Gasteiger partial charge in [-0.2, -0.15) is 0 Å². The van der Waals surface area contributed by atoms with Crippen molar-refractivity contribution < 1.29 is 0 Å². The largest absolute Gasteiger partial charge is 0.305 e. The summed E-state index contributed by atoms with van der Waals surface area (Å²) in [5, 5.41) is 0. The van der Waals surface area contributed by atoms with E-state index in [2.05, 4.69) is 66.6 Å². The smallest absolute Gasteiger partial charge is 0.00445 e. The molecule has 110 valence electrons. The Labute approximate surface area is 120 Å². The highest BCUT2D eigenvalue weighted by atomic mass is 15.1. The zero-order valence-corrected chi connectivity index (χ0v) is 14.1. The van der Waals surface area contributed by atoms with Crippen LogP contribution in [0.4, 0.5) is 0 Å². The zero-order valence-electron chi connectivity index (χ0n) is 14.1. The van der Waals surface area contributed by atoms with Crippen LogP contribution in [-0.2, 0) is 0 Å². The maximum absolute atomic E-state index is 4.38. The zero-order chi connectivity index (χ0) is 15.0. The van der Waals surface area contributed by atoms with Crippen molar-refractivity contribution in [3.05, 3.63) is 24.3 Å². The molecule has 0 aromatic rings. The van der Waals surface area contributed by atoms with Gasteiger partial charge in [0, 0.05) is 13.1 Å². The van der Waals surface area contributed by atoms with Crippen LogP contribution in [-0.4, -0.2) is 25.0 Å². The van der Waals surface area contributed by atoms with Gasteiger partial charge in [-0.3, -0.25) is 0 Å². The van der Waals surface area contributed by atoms with Crippen molar-refractivity contribution in [2.45, 2.75) is 48.0 Å². The van der Waals surface area contributed by atoms with Crippen molar-refractivity contribution >= 4 is 0 Å². The van der Waals surface area contributed by atoms with Crippen LogP contribution in [0, 0.1) is 22.7 Å². The fraction of sp³-hybridized carbons (Fsp3) is 0.778. The molecular weight excluding hydrogens is 230 g/mol. The first-order chi connectivity index (χ1) is 8.43. The molecule has 2 unspecified atom stereocenters. The van der Waals surface area contributed by atoms with E-state index >= 15 is 0 Å². The predicted molar refractivity (Wildman–Crippen MR) is 86.3 cm³/mol. The molecule has 2 atom stereocenters. The average molecular weight is 263 g/mol. The molecule has 1 aliphatic rings. The molecule has 19 heavy (non-hydrogen) atoms. The van der Waals surface area contributed by atoms with Gasteiger partial charge in [0.25, 0.3) is 0 Å². The predicted octanol–water partition coefficient (Wildman–Crippen LogP) is 4.76. The second kappa shape index (κ2) is 5.44. The highest BCUT2D eigenvalue weighted by Crippen LogP contribution is 2.41. The summed E-state index contributed by atoms with van der Waals surface area (Å²) in [5.41, 5.74) is 3.20. The van der Waals surface area contributed by atoms with Crippen LogP contribution in [0.2, 0.25) is 0 Å². The lowest BCUT2D eigenvalue weighted by Gasteiger charge is -2.42. The van der Waals surface area contributed by atoms with Gasteiger partial charge in [-0.25, -0.2) is 0 Å². The molecule has 1 heterocycles. The molecule has 1 nitrogen and oxygen atoms in total. The monoisotopic (exact) mass is 263 g/mol. The molecule has 0 aliphatic carbocycles. The van der Waals surface area contributed by atoms with Crippen molar-refractivity contribution in [2.75, 3.05) is 20.1 Å². The Balaban J connectivity index is 2.85. The molecule has 0 amide bonds. The first-order valence-electron chi connectivity index (χ1n) is 7.50. The fourth-order valence-electron chi connectivity index (χ4n) is 3.05. The van der Waals surface area contributed by atoms with Gasteiger partial charge >= 0.3 is 0 Å². The molecule has 1 fully saturated rings. The summed E-state index contributed by atoms with van der Waals surface area (Å²) in [5.74, 6) is 1.20. The van der Waals surface area contributed by atoms with E-state index in [4.69, 9.17) is 0 Å². The number of likely N-dealkylation sites (tertiary alicyclic amines) is 1. The number of rotatable bonds is 2. The Bertz CT molecular complexity index is 317. The average Bonchev–Trinajstić information content (AvgIpc) is 2.23. The summed E-state index contributed by atoms with van der Waals surface area (Å²) < 4.78 is 0. The molecule has 1 saturated heterocycles. The second-order valence-corrected chi connectivity index (χ2v) is 8.40. The van der Waals surface area contributed by atoms with Crippen molar-refractivity contribution in [2.24, 2.45) is 22.7 Å². The molecule has 0 saturated carbocycles. The molecule has 0 radical (unpaired) electrons. The molecule has 1 aliphatic heterocycles. The SMILES string of the molecule is C=C(C1CC(C(=C)C(C)(C)C)CN(C)C1)C(C)(C)C. The van der Waals surface area contributed by atoms with Gasteiger partial charge in [0.15, 0.2) is 0 Å². The lowest BCUT2D eigenvalue weighted by molar-refractivity contribution is 0.163. The van der Waals surface area contributed by atoms with Crippen molar-refractivity contribution in [3.8, 4) is 0 Å². The molecule has 0 bridgehead atoms. The summed E-state index contributed by atoms with van der Waals surface area (Å²) >= 11 is 0. The number of nitrogens with zero attached hydrogens (tertiary/aromatic N) is 1. The fourth-order valence-corrected chi connectivity index (χ4v) is 3.05. The minimum atomic E-state index is 0.205. The molecule has 0 N–H and O–H groups in total. The normalized spacial score (nSPS) is 26.3. The van der Waals surface area contributed by atoms with E-state index in [0.717, 1.165) is 13.1 Å². The second-order valence-electron chi connectivity index (χ2n) is 8.40. The van der Waals surface area contributed by atoms with E-state index in [9.17, 15) is 0 Å². The van der Waals surface area contributed by atoms with Crippen LogP contribution >= 0.6 is 0 Å². The third-order valence-corrected chi connectivity index (χ3v) is 4.55. The third kappa shape index (κ3) is 4.21. The number of piperidine rings is 1. The van der Waals surface area contributed by atoms with Gasteiger partial charge in [0.05, 0.1) is 0 Å². The van der Waals surface area contributed by atoms with Crippen LogP contribution in [0.3, 0.4) is 0 Å². The van der Waals surface area contributed by atoms with E-state index in [1.54, 1.807) is 0 Å². The van der Waals surface area contributed by atoms with Gasteiger partial charge in [-0.15, -0.1) is 0 Å². The van der Waals surface area contributed by atoms with Gasteiger partial charge in [-0.05, 0) is 36.1 Å². The van der Waals surface area contributed by atoms with Crippen LogP contribution in [0.15, 0.2) is 24.3 Å². The summed E-state index contributed by atoms with van der Waals surface area (Å²) in [6.45, 7) is 24.7. The Morgan fingerprint density at radius 2 is 1.16 bits per heavy atom. The van der Waals surface area contributed by atoms with Gasteiger partial charge in [0.2, 0.25) is 0 Å². The molecule has 0 aromatic heterocycles. The molecule has 0 aromatic carbocycles. The van der Waals surface area contributed by atoms with E-state index in [1.165, 1.54) is 17.6 Å². The van der Waals surface area contributed by atoms with Crippen molar-refractivity contribution in [1.29, 1.82) is 0 Å². The van der Waals surface area contributed by atoms with E-state index < -0.39 is 0 Å². The quantitative estimate of drug-likeness (QED) is 0.649. The van der Waals surface area contributed by atoms with Gasteiger partial charge in [-0.1, -0.05) is 65.8 Å². The third-order valence-electron chi connectivity index (χ3n) is 4.55. The van der Waals surface area contributed by atoms with Crippen molar-refractivity contribution in [1.82, 2.24) is 4.90 Å². The van der Waals surface area contributed by atoms with Crippen LogP contribution in [0.1, 0.15) is 48.0 Å². The number of hydrogen-bond acceptors (Lipinski definition) is 1. The van der Waals surface area contributed by atoms with Crippen molar-refractivity contribution in [3.63, 3.8) is 0 Å². The lowest BCUT2D eigenvalue weighted by Crippen LogP contribution is -2.42. The van der Waals surface area contributed by atoms with Gasteiger partial charge in [0.1, 0.15) is 0 Å². The van der Waals surface area contributed by atoms with E-state index in [0.29, 0.717) is 11.8 Å². The van der Waals surface area contributed by atoms with Crippen LogP contribution < -0.4 is 0 Å². The lowest BCUT2D eigenvalue weighted by atomic mass is 9.70. The Kier molecular flexibility index (Phi) is 4.72. The minimum absolute atomic E-state index is 0.205. The topological polar surface area (TPSA) is 3.24 Å². The summed E-state index contributed by atoms with van der Waals surface area (Å²) in [6, 6.07) is 0.